The number of aromatic nitrogens is 1. The summed E-state index contributed by atoms with van der Waals surface area (Å²) in [6.45, 7) is 1.99. The van der Waals surface area contributed by atoms with E-state index in [2.05, 4.69) is 10.1 Å². The van der Waals surface area contributed by atoms with Gasteiger partial charge in [-0.05, 0) is 37.3 Å². The number of hydrazone groups is 1. The van der Waals surface area contributed by atoms with Gasteiger partial charge < -0.3 is 4.42 Å². The number of benzene rings is 1. The van der Waals surface area contributed by atoms with E-state index in [0.717, 1.165) is 27.1 Å². The molecular weight excluding hydrogens is 374 g/mol. The fourth-order valence-corrected chi connectivity index (χ4v) is 4.31. The number of hydrogen-bond acceptors (Lipinski definition) is 5. The molecule has 3 heterocycles. The molecule has 0 saturated heterocycles. The molecule has 4 rings (SSSR count). The smallest absolute Gasteiger partial charge is 0.247 e. The van der Waals surface area contributed by atoms with Crippen LogP contribution in [0.5, 0.6) is 0 Å². The third-order valence-corrected chi connectivity index (χ3v) is 5.65. The fourth-order valence-electron chi connectivity index (χ4n) is 3.14. The highest BCUT2D eigenvalue weighted by atomic mass is 35.5. The Bertz CT molecular complexity index is 1120. The molecule has 1 aromatic carbocycles. The van der Waals surface area contributed by atoms with Crippen LogP contribution in [0.25, 0.3) is 10.9 Å². The van der Waals surface area contributed by atoms with Crippen molar-refractivity contribution in [2.75, 3.05) is 6.26 Å². The first-order valence-electron chi connectivity index (χ1n) is 8.00. The van der Waals surface area contributed by atoms with E-state index in [9.17, 15) is 8.42 Å². The second-order valence-corrected chi connectivity index (χ2v) is 8.54. The maximum Gasteiger partial charge on any atom is 0.247 e. The highest BCUT2D eigenvalue weighted by molar-refractivity contribution is 7.88. The summed E-state index contributed by atoms with van der Waals surface area (Å²) in [5, 5.41) is 5.46. The summed E-state index contributed by atoms with van der Waals surface area (Å²) in [5.74, 6) is 0.543. The third kappa shape index (κ3) is 2.97. The molecule has 0 amide bonds. The Morgan fingerprint density at radius 1 is 1.27 bits per heavy atom. The zero-order valence-corrected chi connectivity index (χ0v) is 15.8. The number of furan rings is 1. The van der Waals surface area contributed by atoms with E-state index in [1.165, 1.54) is 6.26 Å². The molecule has 0 unspecified atom stereocenters. The number of sulfonamides is 1. The Morgan fingerprint density at radius 3 is 2.77 bits per heavy atom. The molecule has 0 radical (unpaired) electrons. The Labute approximate surface area is 156 Å². The number of pyridine rings is 1. The number of rotatable bonds is 3. The van der Waals surface area contributed by atoms with Gasteiger partial charge in [0.05, 0.1) is 24.1 Å². The van der Waals surface area contributed by atoms with Gasteiger partial charge in [0.25, 0.3) is 0 Å². The van der Waals surface area contributed by atoms with Crippen molar-refractivity contribution in [3.8, 4) is 0 Å². The van der Waals surface area contributed by atoms with Gasteiger partial charge in [-0.2, -0.15) is 9.52 Å². The van der Waals surface area contributed by atoms with Gasteiger partial charge in [-0.3, -0.25) is 0 Å². The van der Waals surface area contributed by atoms with Gasteiger partial charge in [0, 0.05) is 17.4 Å². The predicted molar refractivity (Wildman–Crippen MR) is 101 cm³/mol. The molecule has 0 N–H and O–H groups in total. The monoisotopic (exact) mass is 389 g/mol. The lowest BCUT2D eigenvalue weighted by atomic mass is 10.0. The molecule has 6 nitrogen and oxygen atoms in total. The normalized spacial score (nSPS) is 17.7. The zero-order chi connectivity index (χ0) is 18.5. The van der Waals surface area contributed by atoms with Gasteiger partial charge in [-0.1, -0.05) is 23.2 Å². The maximum absolute atomic E-state index is 12.3. The molecule has 3 aromatic rings. The Kier molecular flexibility index (Phi) is 4.00. The number of hydrogen-bond donors (Lipinski definition) is 0. The molecule has 0 aliphatic carbocycles. The number of fused-ring (bicyclic) bond motifs is 1. The van der Waals surface area contributed by atoms with Gasteiger partial charge in [0.2, 0.25) is 10.0 Å². The van der Waals surface area contributed by atoms with Crippen LogP contribution in [0.4, 0.5) is 0 Å². The first-order valence-corrected chi connectivity index (χ1v) is 10.2. The van der Waals surface area contributed by atoms with Crippen LogP contribution in [-0.4, -0.2) is 29.8 Å². The van der Waals surface area contributed by atoms with Crippen LogP contribution >= 0.6 is 11.6 Å². The minimum Gasteiger partial charge on any atom is -0.463 e. The van der Waals surface area contributed by atoms with E-state index in [1.54, 1.807) is 12.1 Å². The summed E-state index contributed by atoms with van der Waals surface area (Å²) in [5.41, 5.74) is 3.04. The molecule has 26 heavy (non-hydrogen) atoms. The summed E-state index contributed by atoms with van der Waals surface area (Å²) in [6, 6.07) is 10.7. The second kappa shape index (κ2) is 6.10. The van der Waals surface area contributed by atoms with E-state index in [1.807, 2.05) is 31.2 Å². The Balaban J connectivity index is 1.83. The first-order chi connectivity index (χ1) is 12.3. The van der Waals surface area contributed by atoms with Crippen LogP contribution in [0.15, 0.2) is 52.2 Å². The van der Waals surface area contributed by atoms with Gasteiger partial charge in [0.15, 0.2) is 0 Å². The van der Waals surface area contributed by atoms with Crippen LogP contribution in [0.1, 0.15) is 29.3 Å². The standard InChI is InChI=1S/C18H16ClN3O3S/c1-11-5-6-14-12(8-11)9-13(18(19)20-14)16-10-15(17-4-3-7-25-17)21-22(16)26(2,23)24/h3-9,16H,10H2,1-2H3/t16-/m0/s1. The number of halogens is 1. The molecule has 1 atom stereocenters. The zero-order valence-electron chi connectivity index (χ0n) is 14.2. The fraction of sp³-hybridized carbons (Fsp3) is 0.222. The predicted octanol–water partition coefficient (Wildman–Crippen LogP) is 3.90. The lowest BCUT2D eigenvalue weighted by molar-refractivity contribution is 0.374. The Morgan fingerprint density at radius 2 is 2.08 bits per heavy atom. The molecule has 0 bridgehead atoms. The lowest BCUT2D eigenvalue weighted by Crippen LogP contribution is -2.26. The van der Waals surface area contributed by atoms with Crippen molar-refractivity contribution in [2.45, 2.75) is 19.4 Å². The van der Waals surface area contributed by atoms with Gasteiger partial charge in [-0.15, -0.1) is 0 Å². The average molecular weight is 390 g/mol. The molecule has 1 aliphatic heterocycles. The summed E-state index contributed by atoms with van der Waals surface area (Å²) in [4.78, 5) is 4.44. The molecule has 0 saturated carbocycles. The van der Waals surface area contributed by atoms with E-state index in [0.29, 0.717) is 23.5 Å². The molecule has 0 spiro atoms. The quantitative estimate of drug-likeness (QED) is 0.636. The van der Waals surface area contributed by atoms with Crippen LogP contribution in [0.2, 0.25) is 5.15 Å². The minimum absolute atomic E-state index is 0.274. The van der Waals surface area contributed by atoms with Crippen LogP contribution in [-0.2, 0) is 10.0 Å². The number of nitrogens with zero attached hydrogens (tertiary/aromatic N) is 3. The third-order valence-electron chi connectivity index (χ3n) is 4.33. The van der Waals surface area contributed by atoms with Crippen LogP contribution in [0, 0.1) is 6.92 Å². The summed E-state index contributed by atoms with van der Waals surface area (Å²) >= 11 is 6.40. The largest absolute Gasteiger partial charge is 0.463 e. The molecule has 134 valence electrons. The SMILES string of the molecule is Cc1ccc2nc(Cl)c([C@@H]3CC(c4ccco4)=NN3S(C)(=O)=O)cc2c1. The Hall–Kier alpha value is -2.38. The van der Waals surface area contributed by atoms with E-state index >= 15 is 0 Å². The minimum atomic E-state index is -3.58. The average Bonchev–Trinajstić information content (AvgIpc) is 3.23. The number of aryl methyl sites for hydroxylation is 1. The topological polar surface area (TPSA) is 75.8 Å². The van der Waals surface area contributed by atoms with Crippen molar-refractivity contribution < 1.29 is 12.8 Å². The van der Waals surface area contributed by atoms with Crippen molar-refractivity contribution in [3.05, 3.63) is 64.7 Å². The molecule has 8 heteroatoms. The molecule has 0 fully saturated rings. The van der Waals surface area contributed by atoms with Gasteiger partial charge in [-0.25, -0.2) is 13.4 Å². The molecule has 1 aliphatic rings. The summed E-state index contributed by atoms with van der Waals surface area (Å²) in [6.07, 6.45) is 3.02. The van der Waals surface area contributed by atoms with Crippen molar-refractivity contribution in [1.29, 1.82) is 0 Å². The van der Waals surface area contributed by atoms with Crippen LogP contribution < -0.4 is 0 Å². The van der Waals surface area contributed by atoms with E-state index in [-0.39, 0.29) is 5.15 Å². The molecular formula is C18H16ClN3O3S. The lowest BCUT2D eigenvalue weighted by Gasteiger charge is -2.22. The van der Waals surface area contributed by atoms with Crippen molar-refractivity contribution in [2.24, 2.45) is 5.10 Å². The summed E-state index contributed by atoms with van der Waals surface area (Å²) < 4.78 is 31.0. The summed E-state index contributed by atoms with van der Waals surface area (Å²) in [7, 11) is -3.58. The van der Waals surface area contributed by atoms with Gasteiger partial charge >= 0.3 is 0 Å². The highest BCUT2D eigenvalue weighted by Gasteiger charge is 2.37. The van der Waals surface area contributed by atoms with E-state index < -0.39 is 16.1 Å². The second-order valence-electron chi connectivity index (χ2n) is 6.34. The van der Waals surface area contributed by atoms with Crippen molar-refractivity contribution >= 4 is 38.2 Å². The molecule has 2 aromatic heterocycles. The van der Waals surface area contributed by atoms with Crippen molar-refractivity contribution in [1.82, 2.24) is 9.40 Å². The maximum atomic E-state index is 12.3. The van der Waals surface area contributed by atoms with Crippen LogP contribution in [0.3, 0.4) is 0 Å². The first kappa shape index (κ1) is 17.1. The van der Waals surface area contributed by atoms with E-state index in [4.69, 9.17) is 16.0 Å². The highest BCUT2D eigenvalue weighted by Crippen LogP contribution is 2.38. The van der Waals surface area contributed by atoms with Crippen molar-refractivity contribution in [3.63, 3.8) is 0 Å². The van der Waals surface area contributed by atoms with Gasteiger partial charge in [0.1, 0.15) is 16.6 Å².